The van der Waals surface area contributed by atoms with Gasteiger partial charge in [0, 0.05) is 60.5 Å². The van der Waals surface area contributed by atoms with Gasteiger partial charge in [-0.3, -0.25) is 0 Å². The SMILES string of the molecule is CN1CC(O)c2cc(N=NC(N)=O)c(O)cc21.O=C(O)c1ccccc1O.[Na]. The van der Waals surface area contributed by atoms with E-state index in [4.69, 9.17) is 15.9 Å². The molecule has 0 spiro atoms. The molecule has 1 aliphatic rings. The number of nitrogens with two attached hydrogens (primary N) is 1. The monoisotopic (exact) mass is 397 g/mol. The third-order valence-electron chi connectivity index (χ3n) is 3.73. The van der Waals surface area contributed by atoms with Crippen LogP contribution < -0.4 is 10.6 Å². The molecule has 2 amide bonds. The number of fused-ring (bicyclic) bond motifs is 1. The van der Waals surface area contributed by atoms with E-state index >= 15 is 0 Å². The zero-order valence-corrected chi connectivity index (χ0v) is 17.3. The molecule has 1 radical (unpaired) electrons. The molecule has 0 aromatic heterocycles. The molecule has 0 bridgehead atoms. The van der Waals surface area contributed by atoms with Gasteiger partial charge in [-0.25, -0.2) is 9.59 Å². The van der Waals surface area contributed by atoms with Crippen molar-refractivity contribution in [2.24, 2.45) is 16.0 Å². The molecule has 0 saturated carbocycles. The van der Waals surface area contributed by atoms with E-state index < -0.39 is 18.1 Å². The van der Waals surface area contributed by atoms with Gasteiger partial charge in [0.1, 0.15) is 22.7 Å². The fourth-order valence-corrected chi connectivity index (χ4v) is 2.47. The van der Waals surface area contributed by atoms with Crippen LogP contribution in [-0.2, 0) is 0 Å². The second-order valence-corrected chi connectivity index (χ2v) is 5.66. The van der Waals surface area contributed by atoms with Crippen molar-refractivity contribution in [3.8, 4) is 11.5 Å². The number of aliphatic hydroxyl groups excluding tert-OH is 1. The normalized spacial score (nSPS) is 14.6. The van der Waals surface area contributed by atoms with Gasteiger partial charge in [0.2, 0.25) is 0 Å². The molecule has 143 valence electrons. The number of hydrogen-bond donors (Lipinski definition) is 5. The fraction of sp³-hybridized carbons (Fsp3) is 0.176. The largest absolute Gasteiger partial charge is 0.507 e. The predicted octanol–water partition coefficient (Wildman–Crippen LogP) is 1.75. The summed E-state index contributed by atoms with van der Waals surface area (Å²) in [5.41, 5.74) is 6.23. The number of urea groups is 1. The van der Waals surface area contributed by atoms with Crippen molar-refractivity contribution in [1.29, 1.82) is 0 Å². The second-order valence-electron chi connectivity index (χ2n) is 5.66. The summed E-state index contributed by atoms with van der Waals surface area (Å²) in [6.45, 7) is 0.450. The van der Waals surface area contributed by atoms with Crippen LogP contribution in [0.25, 0.3) is 0 Å². The molecule has 2 aromatic carbocycles. The maximum atomic E-state index is 10.5. The average molecular weight is 397 g/mol. The van der Waals surface area contributed by atoms with E-state index in [1.165, 1.54) is 24.3 Å². The molecule has 6 N–H and O–H groups in total. The minimum absolute atomic E-state index is 0. The smallest absolute Gasteiger partial charge is 0.356 e. The molecule has 0 saturated heterocycles. The third kappa shape index (κ3) is 5.67. The Balaban J connectivity index is 0.000000307. The molecule has 1 heterocycles. The maximum absolute atomic E-state index is 10.5. The number of aromatic carboxylic acids is 1. The fourth-order valence-electron chi connectivity index (χ4n) is 2.47. The molecule has 11 heteroatoms. The number of anilines is 1. The molecule has 10 nitrogen and oxygen atoms in total. The number of amides is 2. The average Bonchev–Trinajstić information content (AvgIpc) is 2.87. The predicted molar refractivity (Wildman–Crippen MR) is 101 cm³/mol. The van der Waals surface area contributed by atoms with Crippen molar-refractivity contribution in [2.75, 3.05) is 18.5 Å². The van der Waals surface area contributed by atoms with E-state index in [2.05, 4.69) is 10.2 Å². The minimum atomic E-state index is -1.11. The van der Waals surface area contributed by atoms with Gasteiger partial charge in [-0.1, -0.05) is 17.2 Å². The number of para-hydroxylation sites is 1. The summed E-state index contributed by atoms with van der Waals surface area (Å²) in [5.74, 6) is -1.43. The number of likely N-dealkylation sites (N-methyl/N-ethyl adjacent to an activating group) is 1. The number of primary amides is 1. The number of carboxylic acids is 1. The Morgan fingerprint density at radius 2 is 1.82 bits per heavy atom. The number of hydrogen-bond acceptors (Lipinski definition) is 7. The summed E-state index contributed by atoms with van der Waals surface area (Å²) in [7, 11) is 1.80. The van der Waals surface area contributed by atoms with Crippen molar-refractivity contribution < 1.29 is 30.0 Å². The van der Waals surface area contributed by atoms with Gasteiger partial charge in [-0.05, 0) is 18.2 Å². The van der Waals surface area contributed by atoms with Crippen LogP contribution >= 0.6 is 0 Å². The van der Waals surface area contributed by atoms with Gasteiger partial charge in [0.05, 0.1) is 6.10 Å². The molecule has 3 rings (SSSR count). The van der Waals surface area contributed by atoms with Gasteiger partial charge in [-0.15, -0.1) is 5.11 Å². The van der Waals surface area contributed by atoms with Crippen LogP contribution in [-0.4, -0.2) is 75.6 Å². The summed E-state index contributed by atoms with van der Waals surface area (Å²) < 4.78 is 0. The molecule has 2 aromatic rings. The Labute approximate surface area is 182 Å². The van der Waals surface area contributed by atoms with Gasteiger partial charge < -0.3 is 31.1 Å². The van der Waals surface area contributed by atoms with Crippen molar-refractivity contribution in [2.45, 2.75) is 6.10 Å². The van der Waals surface area contributed by atoms with E-state index in [-0.39, 0.29) is 52.3 Å². The Morgan fingerprint density at radius 1 is 1.18 bits per heavy atom. The number of phenols is 2. The van der Waals surface area contributed by atoms with Crippen LogP contribution in [0.1, 0.15) is 22.0 Å². The Hall–Kier alpha value is -2.66. The molecule has 0 aliphatic carbocycles. The van der Waals surface area contributed by atoms with E-state index in [0.717, 1.165) is 5.69 Å². The number of carboxylic acid groups (broad SMARTS) is 1. The number of β-amino-alcohol motifs (C(OH)–C–C–N with tert-alkyl or cyclic N) is 1. The van der Waals surface area contributed by atoms with Crippen LogP contribution in [0.15, 0.2) is 46.6 Å². The molecule has 1 aliphatic heterocycles. The first kappa shape index (κ1) is 23.4. The van der Waals surface area contributed by atoms with Gasteiger partial charge >= 0.3 is 12.0 Å². The Kier molecular flexibility index (Phi) is 8.38. The Morgan fingerprint density at radius 3 is 2.36 bits per heavy atom. The molecule has 28 heavy (non-hydrogen) atoms. The first-order chi connectivity index (χ1) is 12.7. The van der Waals surface area contributed by atoms with Crippen molar-refractivity contribution in [3.05, 3.63) is 47.5 Å². The first-order valence-electron chi connectivity index (χ1n) is 7.69. The van der Waals surface area contributed by atoms with Gasteiger partial charge in [-0.2, -0.15) is 0 Å². The molecule has 0 fully saturated rings. The second kappa shape index (κ2) is 10.0. The van der Waals surface area contributed by atoms with Gasteiger partial charge in [0.15, 0.2) is 0 Å². The number of aromatic hydroxyl groups is 2. The Bertz CT molecular complexity index is 905. The summed E-state index contributed by atoms with van der Waals surface area (Å²) in [4.78, 5) is 22.5. The molecular weight excluding hydrogens is 379 g/mol. The first-order valence-corrected chi connectivity index (χ1v) is 7.69. The van der Waals surface area contributed by atoms with Crippen LogP contribution in [0.2, 0.25) is 0 Å². The number of nitrogens with zero attached hydrogens (tertiary/aromatic N) is 3. The molecular formula is C17H18N4NaO6. The number of benzene rings is 2. The summed E-state index contributed by atoms with van der Waals surface area (Å²) >= 11 is 0. The van der Waals surface area contributed by atoms with E-state index in [0.29, 0.717) is 12.1 Å². The van der Waals surface area contributed by atoms with Crippen molar-refractivity contribution in [1.82, 2.24) is 0 Å². The number of carbonyl (C=O) groups is 2. The number of aliphatic hydroxyl groups is 1. The number of azo groups is 1. The zero-order chi connectivity index (χ0) is 20.1. The van der Waals surface area contributed by atoms with Crippen LogP contribution in [0.5, 0.6) is 11.5 Å². The third-order valence-corrected chi connectivity index (χ3v) is 3.73. The zero-order valence-electron chi connectivity index (χ0n) is 15.3. The number of phenolic OH excluding ortho intramolecular Hbond substituents is 1. The summed E-state index contributed by atoms with van der Waals surface area (Å²) in [6.07, 6.45) is -0.641. The van der Waals surface area contributed by atoms with E-state index in [9.17, 15) is 19.8 Å². The van der Waals surface area contributed by atoms with Gasteiger partial charge in [0.25, 0.3) is 0 Å². The quantitative estimate of drug-likeness (QED) is 0.380. The van der Waals surface area contributed by atoms with Crippen LogP contribution in [0.4, 0.5) is 16.2 Å². The summed E-state index contributed by atoms with van der Waals surface area (Å²) in [5, 5.41) is 43.4. The van der Waals surface area contributed by atoms with E-state index in [1.807, 2.05) is 4.90 Å². The minimum Gasteiger partial charge on any atom is -0.507 e. The topological polar surface area (TPSA) is 169 Å². The number of rotatable bonds is 2. The summed E-state index contributed by atoms with van der Waals surface area (Å²) in [6, 6.07) is 7.83. The van der Waals surface area contributed by atoms with Crippen LogP contribution in [0, 0.1) is 0 Å². The van der Waals surface area contributed by atoms with Crippen LogP contribution in [0.3, 0.4) is 0 Å². The molecule has 1 atom stereocenters. The van der Waals surface area contributed by atoms with Crippen molar-refractivity contribution in [3.63, 3.8) is 0 Å². The maximum Gasteiger partial charge on any atom is 0.356 e. The number of carbonyl (C=O) groups excluding carboxylic acids is 1. The van der Waals surface area contributed by atoms with E-state index in [1.54, 1.807) is 19.2 Å². The molecule has 1 unspecified atom stereocenters. The standard InChI is InChI=1S/C10H12N4O3.C7H6O3.Na/c1-14-4-9(16)5-2-6(12-13-10(11)17)8(15)3-7(5)14;8-6-4-2-1-3-5(6)7(9)10;/h2-3,9,15-16H,4H2,1H3,(H2,11,17);1-4,8H,(H,9,10);. The van der Waals surface area contributed by atoms with Crippen molar-refractivity contribution >= 4 is 52.9 Å².